The number of aliphatic hydroxyl groups excluding tert-OH is 1. The van der Waals surface area contributed by atoms with Crippen LogP contribution in [0.4, 0.5) is 0 Å². The molecule has 3 nitrogen and oxygen atoms in total. The van der Waals surface area contributed by atoms with Crippen LogP contribution in [-0.4, -0.2) is 40.0 Å². The predicted octanol–water partition coefficient (Wildman–Crippen LogP) is 1.29. The van der Waals surface area contributed by atoms with Crippen molar-refractivity contribution in [1.29, 1.82) is 0 Å². The Balaban J connectivity index is 1.97. The van der Waals surface area contributed by atoms with Gasteiger partial charge in [0.2, 0.25) is 0 Å². The van der Waals surface area contributed by atoms with E-state index in [2.05, 4.69) is 5.32 Å². The van der Waals surface area contributed by atoms with E-state index in [9.17, 15) is 9.32 Å². The molecule has 0 spiro atoms. The molecule has 0 amide bonds. The molecular weight excluding hydrogens is 222 g/mol. The number of rotatable bonds is 8. The van der Waals surface area contributed by atoms with Crippen molar-refractivity contribution in [2.45, 2.75) is 45.1 Å². The van der Waals surface area contributed by atoms with Crippen molar-refractivity contribution in [1.82, 2.24) is 5.32 Å². The molecule has 0 aliphatic heterocycles. The van der Waals surface area contributed by atoms with E-state index in [0.29, 0.717) is 12.3 Å². The maximum absolute atomic E-state index is 11.1. The molecule has 2 unspecified atom stereocenters. The molecule has 0 aromatic heterocycles. The number of hydrogen-bond donors (Lipinski definition) is 2. The summed E-state index contributed by atoms with van der Waals surface area (Å²) in [4.78, 5) is 0. The summed E-state index contributed by atoms with van der Waals surface area (Å²) in [6, 6.07) is 0. The molecule has 1 aliphatic rings. The highest BCUT2D eigenvalue weighted by atomic mass is 32.2. The van der Waals surface area contributed by atoms with Crippen molar-refractivity contribution in [2.75, 3.05) is 24.6 Å². The number of nitrogens with one attached hydrogen (secondary N) is 1. The first-order valence-corrected chi connectivity index (χ1v) is 7.95. The molecule has 0 aromatic carbocycles. The Morgan fingerprint density at radius 2 is 2.12 bits per heavy atom. The van der Waals surface area contributed by atoms with Crippen LogP contribution in [-0.2, 0) is 10.8 Å². The average molecular weight is 247 g/mol. The van der Waals surface area contributed by atoms with Gasteiger partial charge in [-0.1, -0.05) is 32.6 Å². The first-order valence-electron chi connectivity index (χ1n) is 6.46. The topological polar surface area (TPSA) is 49.3 Å². The van der Waals surface area contributed by atoms with Gasteiger partial charge in [0, 0.05) is 35.4 Å². The van der Waals surface area contributed by atoms with E-state index in [0.717, 1.165) is 24.6 Å². The smallest absolute Gasteiger partial charge is 0.0667 e. The van der Waals surface area contributed by atoms with Gasteiger partial charge in [0.1, 0.15) is 0 Å². The summed E-state index contributed by atoms with van der Waals surface area (Å²) in [5.41, 5.74) is 0. The van der Waals surface area contributed by atoms with Gasteiger partial charge in [-0.25, -0.2) is 0 Å². The molecule has 0 radical (unpaired) electrons. The molecule has 0 aromatic rings. The van der Waals surface area contributed by atoms with Crippen LogP contribution in [0.25, 0.3) is 0 Å². The highest BCUT2D eigenvalue weighted by Crippen LogP contribution is 2.28. The van der Waals surface area contributed by atoms with Crippen molar-refractivity contribution >= 4 is 10.8 Å². The fourth-order valence-corrected chi connectivity index (χ4v) is 2.97. The highest BCUT2D eigenvalue weighted by Gasteiger charge is 2.18. The molecule has 16 heavy (non-hydrogen) atoms. The SMILES string of the molecule is CCS(=O)CCNCC(O)CC1CCCC1. The Morgan fingerprint density at radius 1 is 1.44 bits per heavy atom. The summed E-state index contributed by atoms with van der Waals surface area (Å²) in [7, 11) is -0.690. The lowest BCUT2D eigenvalue weighted by molar-refractivity contribution is 0.141. The van der Waals surface area contributed by atoms with Gasteiger partial charge < -0.3 is 10.4 Å². The van der Waals surface area contributed by atoms with Crippen LogP contribution in [0.1, 0.15) is 39.0 Å². The summed E-state index contributed by atoms with van der Waals surface area (Å²) in [5.74, 6) is 2.17. The Hall–Kier alpha value is 0.0700. The minimum absolute atomic E-state index is 0.224. The Morgan fingerprint density at radius 3 is 2.75 bits per heavy atom. The molecule has 1 aliphatic carbocycles. The molecule has 0 bridgehead atoms. The van der Waals surface area contributed by atoms with Gasteiger partial charge in [-0.2, -0.15) is 0 Å². The molecule has 1 saturated carbocycles. The zero-order valence-electron chi connectivity index (χ0n) is 10.3. The fourth-order valence-electron chi connectivity index (χ4n) is 2.31. The van der Waals surface area contributed by atoms with Crippen LogP contribution in [0.2, 0.25) is 0 Å². The normalized spacial score (nSPS) is 21.1. The minimum Gasteiger partial charge on any atom is -0.392 e. The first kappa shape index (κ1) is 14.1. The van der Waals surface area contributed by atoms with Crippen molar-refractivity contribution < 1.29 is 9.32 Å². The first-order chi connectivity index (χ1) is 7.72. The molecule has 96 valence electrons. The van der Waals surface area contributed by atoms with Crippen molar-refractivity contribution in [3.05, 3.63) is 0 Å². The zero-order chi connectivity index (χ0) is 11.8. The van der Waals surface area contributed by atoms with Gasteiger partial charge >= 0.3 is 0 Å². The van der Waals surface area contributed by atoms with E-state index in [-0.39, 0.29) is 6.10 Å². The Labute approximate surface area is 101 Å². The van der Waals surface area contributed by atoms with Gasteiger partial charge in [-0.05, 0) is 12.3 Å². The van der Waals surface area contributed by atoms with Crippen molar-refractivity contribution in [3.8, 4) is 0 Å². The molecule has 4 heteroatoms. The van der Waals surface area contributed by atoms with Crippen LogP contribution >= 0.6 is 0 Å². The molecule has 1 fully saturated rings. The quantitative estimate of drug-likeness (QED) is 0.635. The molecule has 2 atom stereocenters. The van der Waals surface area contributed by atoms with Gasteiger partial charge in [-0.3, -0.25) is 4.21 Å². The van der Waals surface area contributed by atoms with Gasteiger partial charge in [-0.15, -0.1) is 0 Å². The number of aliphatic hydroxyl groups is 1. The standard InChI is InChI=1S/C12H25NO2S/c1-2-16(15)8-7-13-10-12(14)9-11-5-3-4-6-11/h11-14H,2-10H2,1H3. The maximum atomic E-state index is 11.1. The van der Waals surface area contributed by atoms with E-state index in [1.54, 1.807) is 0 Å². The van der Waals surface area contributed by atoms with Gasteiger partial charge in [0.15, 0.2) is 0 Å². The van der Waals surface area contributed by atoms with Crippen molar-refractivity contribution in [2.24, 2.45) is 5.92 Å². The van der Waals surface area contributed by atoms with E-state index < -0.39 is 10.8 Å². The van der Waals surface area contributed by atoms with E-state index in [1.807, 2.05) is 6.92 Å². The number of hydrogen-bond acceptors (Lipinski definition) is 3. The minimum atomic E-state index is -0.690. The van der Waals surface area contributed by atoms with Crippen LogP contribution in [0.3, 0.4) is 0 Å². The lowest BCUT2D eigenvalue weighted by Gasteiger charge is -2.15. The van der Waals surface area contributed by atoms with Crippen molar-refractivity contribution in [3.63, 3.8) is 0 Å². The van der Waals surface area contributed by atoms with Gasteiger partial charge in [0.25, 0.3) is 0 Å². The van der Waals surface area contributed by atoms with Gasteiger partial charge in [0.05, 0.1) is 6.10 Å². The molecule has 1 rings (SSSR count). The summed E-state index contributed by atoms with van der Waals surface area (Å²) in [5, 5.41) is 13.0. The third-order valence-corrected chi connectivity index (χ3v) is 4.59. The van der Waals surface area contributed by atoms with Crippen LogP contribution in [0.5, 0.6) is 0 Å². The summed E-state index contributed by atoms with van der Waals surface area (Å²) in [6.07, 6.45) is 5.95. The van der Waals surface area contributed by atoms with Crippen LogP contribution < -0.4 is 5.32 Å². The fraction of sp³-hybridized carbons (Fsp3) is 1.00. The monoisotopic (exact) mass is 247 g/mol. The largest absolute Gasteiger partial charge is 0.392 e. The molecule has 0 saturated heterocycles. The maximum Gasteiger partial charge on any atom is 0.0667 e. The van der Waals surface area contributed by atoms with Crippen LogP contribution in [0, 0.1) is 5.92 Å². The molecular formula is C12H25NO2S. The van der Waals surface area contributed by atoms with E-state index >= 15 is 0 Å². The Kier molecular flexibility index (Phi) is 7.25. The summed E-state index contributed by atoms with van der Waals surface area (Å²) in [6.45, 7) is 3.34. The second kappa shape index (κ2) is 8.20. The lowest BCUT2D eigenvalue weighted by atomic mass is 10.0. The zero-order valence-corrected chi connectivity index (χ0v) is 11.1. The van der Waals surface area contributed by atoms with E-state index in [4.69, 9.17) is 0 Å². The second-order valence-corrected chi connectivity index (χ2v) is 6.54. The van der Waals surface area contributed by atoms with Crippen LogP contribution in [0.15, 0.2) is 0 Å². The predicted molar refractivity (Wildman–Crippen MR) is 69.0 cm³/mol. The summed E-state index contributed by atoms with van der Waals surface area (Å²) >= 11 is 0. The molecule has 0 heterocycles. The third-order valence-electron chi connectivity index (χ3n) is 3.29. The molecule has 2 N–H and O–H groups in total. The summed E-state index contributed by atoms with van der Waals surface area (Å²) < 4.78 is 11.1. The Bertz CT molecular complexity index is 205. The third kappa shape index (κ3) is 5.97. The average Bonchev–Trinajstić information content (AvgIpc) is 2.76. The lowest BCUT2D eigenvalue weighted by Crippen LogP contribution is -2.31. The highest BCUT2D eigenvalue weighted by molar-refractivity contribution is 7.84. The second-order valence-electron chi connectivity index (χ2n) is 4.68. The van der Waals surface area contributed by atoms with E-state index in [1.165, 1.54) is 25.7 Å².